The zero-order chi connectivity index (χ0) is 20.1. The molecule has 0 aliphatic carbocycles. The molecule has 1 aliphatic rings. The van der Waals surface area contributed by atoms with Crippen LogP contribution in [-0.4, -0.2) is 58.8 Å². The maximum Gasteiger partial charge on any atom is 0.272 e. The van der Waals surface area contributed by atoms with Gasteiger partial charge in [-0.1, -0.05) is 12.1 Å². The van der Waals surface area contributed by atoms with Gasteiger partial charge in [-0.15, -0.1) is 0 Å². The molecule has 148 valence electrons. The maximum absolute atomic E-state index is 13.3. The van der Waals surface area contributed by atoms with Crippen LogP contribution >= 0.6 is 0 Å². The van der Waals surface area contributed by atoms with Crippen molar-refractivity contribution in [1.82, 2.24) is 14.8 Å². The molecule has 1 aliphatic heterocycles. The number of nitrogens with two attached hydrogens (primary N) is 1. The Balaban J connectivity index is 1.48. The number of piperazine rings is 1. The molecule has 2 amide bonds. The standard InChI is InChI=1S/C20H22F2N4O2/c21-16-5-4-14(12-17(16)22)11-15(23)13-19(27)25-7-9-26(10-8-25)20(28)18-3-1-2-6-24-18/h1-6,12,15H,7-11,13,23H2/t15-/m1/s1. The first kappa shape index (κ1) is 19.9. The fraction of sp³-hybridized carbons (Fsp3) is 0.350. The number of pyridine rings is 1. The van der Waals surface area contributed by atoms with Gasteiger partial charge in [0.15, 0.2) is 11.6 Å². The van der Waals surface area contributed by atoms with Gasteiger partial charge in [0.05, 0.1) is 0 Å². The highest BCUT2D eigenvalue weighted by atomic mass is 19.2. The number of halogens is 2. The minimum atomic E-state index is -0.926. The number of carbonyl (C=O) groups excluding carboxylic acids is 2. The van der Waals surface area contributed by atoms with Crippen molar-refractivity contribution in [2.75, 3.05) is 26.2 Å². The van der Waals surface area contributed by atoms with E-state index in [9.17, 15) is 18.4 Å². The molecule has 1 aromatic carbocycles. The summed E-state index contributed by atoms with van der Waals surface area (Å²) in [6, 6.07) is 8.29. The third-order valence-electron chi connectivity index (χ3n) is 4.72. The molecule has 1 saturated heterocycles. The van der Waals surface area contributed by atoms with Crippen molar-refractivity contribution < 1.29 is 18.4 Å². The van der Waals surface area contributed by atoms with Gasteiger partial charge in [0.1, 0.15) is 5.69 Å². The summed E-state index contributed by atoms with van der Waals surface area (Å²) in [4.78, 5) is 32.3. The summed E-state index contributed by atoms with van der Waals surface area (Å²) in [7, 11) is 0. The molecule has 0 bridgehead atoms. The van der Waals surface area contributed by atoms with Crippen LogP contribution in [-0.2, 0) is 11.2 Å². The highest BCUT2D eigenvalue weighted by molar-refractivity contribution is 5.92. The summed E-state index contributed by atoms with van der Waals surface area (Å²) in [5.74, 6) is -2.10. The van der Waals surface area contributed by atoms with Crippen LogP contribution in [0, 0.1) is 11.6 Å². The second kappa shape index (κ2) is 8.88. The fourth-order valence-corrected chi connectivity index (χ4v) is 3.21. The first-order valence-corrected chi connectivity index (χ1v) is 9.11. The van der Waals surface area contributed by atoms with E-state index >= 15 is 0 Å². The van der Waals surface area contributed by atoms with Gasteiger partial charge in [0.25, 0.3) is 5.91 Å². The molecule has 0 spiro atoms. The third-order valence-corrected chi connectivity index (χ3v) is 4.72. The average molecular weight is 388 g/mol. The number of nitrogens with zero attached hydrogens (tertiary/aromatic N) is 3. The van der Waals surface area contributed by atoms with Crippen molar-refractivity contribution in [3.05, 3.63) is 65.5 Å². The Hall–Kier alpha value is -2.87. The van der Waals surface area contributed by atoms with Gasteiger partial charge in [-0.05, 0) is 36.2 Å². The van der Waals surface area contributed by atoms with Crippen LogP contribution in [0.4, 0.5) is 8.78 Å². The maximum atomic E-state index is 13.3. The molecule has 1 atom stereocenters. The van der Waals surface area contributed by atoms with Crippen LogP contribution in [0.15, 0.2) is 42.6 Å². The van der Waals surface area contributed by atoms with Crippen LogP contribution in [0.1, 0.15) is 22.5 Å². The Morgan fingerprint density at radius 2 is 1.75 bits per heavy atom. The first-order valence-electron chi connectivity index (χ1n) is 9.11. The van der Waals surface area contributed by atoms with Crippen molar-refractivity contribution in [3.8, 4) is 0 Å². The van der Waals surface area contributed by atoms with Crippen molar-refractivity contribution in [2.45, 2.75) is 18.9 Å². The molecule has 3 rings (SSSR count). The number of carbonyl (C=O) groups is 2. The Morgan fingerprint density at radius 3 is 2.39 bits per heavy atom. The number of hydrogen-bond donors (Lipinski definition) is 1. The fourth-order valence-electron chi connectivity index (χ4n) is 3.21. The monoisotopic (exact) mass is 388 g/mol. The number of rotatable bonds is 5. The summed E-state index contributed by atoms with van der Waals surface area (Å²) < 4.78 is 26.3. The normalized spacial score (nSPS) is 15.4. The molecular weight excluding hydrogens is 366 g/mol. The predicted molar refractivity (Wildman–Crippen MR) is 99.4 cm³/mol. The van der Waals surface area contributed by atoms with E-state index in [1.165, 1.54) is 6.07 Å². The van der Waals surface area contributed by atoms with Crippen molar-refractivity contribution >= 4 is 11.8 Å². The molecule has 0 saturated carbocycles. The zero-order valence-corrected chi connectivity index (χ0v) is 15.4. The lowest BCUT2D eigenvalue weighted by Gasteiger charge is -2.35. The second-order valence-electron chi connectivity index (χ2n) is 6.80. The molecule has 8 heteroatoms. The van der Waals surface area contributed by atoms with Crippen LogP contribution in [0.2, 0.25) is 0 Å². The topological polar surface area (TPSA) is 79.5 Å². The third kappa shape index (κ3) is 4.89. The van der Waals surface area contributed by atoms with E-state index in [0.717, 1.165) is 12.1 Å². The Bertz CT molecular complexity index is 839. The smallest absolute Gasteiger partial charge is 0.272 e. The summed E-state index contributed by atoms with van der Waals surface area (Å²) >= 11 is 0. The van der Waals surface area contributed by atoms with Gasteiger partial charge < -0.3 is 15.5 Å². The van der Waals surface area contributed by atoms with Crippen molar-refractivity contribution in [2.24, 2.45) is 5.73 Å². The summed E-state index contributed by atoms with van der Waals surface area (Å²) in [5, 5.41) is 0. The van der Waals surface area contributed by atoms with Gasteiger partial charge >= 0.3 is 0 Å². The summed E-state index contributed by atoms with van der Waals surface area (Å²) in [5.41, 5.74) is 6.95. The van der Waals surface area contributed by atoms with E-state index in [-0.39, 0.29) is 24.7 Å². The summed E-state index contributed by atoms with van der Waals surface area (Å²) in [6.45, 7) is 1.71. The number of hydrogen-bond acceptors (Lipinski definition) is 4. The Kier molecular flexibility index (Phi) is 6.30. The Labute approximate surface area is 162 Å². The quantitative estimate of drug-likeness (QED) is 0.844. The van der Waals surface area contributed by atoms with Crippen LogP contribution in [0.3, 0.4) is 0 Å². The molecule has 2 heterocycles. The average Bonchev–Trinajstić information content (AvgIpc) is 2.71. The lowest BCUT2D eigenvalue weighted by molar-refractivity contribution is -0.133. The highest BCUT2D eigenvalue weighted by Crippen LogP contribution is 2.13. The molecule has 2 aromatic rings. The minimum Gasteiger partial charge on any atom is -0.339 e. The van der Waals surface area contributed by atoms with Gasteiger partial charge in [-0.3, -0.25) is 14.6 Å². The number of amides is 2. The van der Waals surface area contributed by atoms with E-state index in [4.69, 9.17) is 5.73 Å². The molecule has 1 fully saturated rings. The van der Waals surface area contributed by atoms with Gasteiger partial charge in [0, 0.05) is 44.8 Å². The van der Waals surface area contributed by atoms with E-state index in [1.54, 1.807) is 34.2 Å². The van der Waals surface area contributed by atoms with E-state index in [2.05, 4.69) is 4.98 Å². The van der Waals surface area contributed by atoms with Gasteiger partial charge in [-0.2, -0.15) is 0 Å². The molecule has 28 heavy (non-hydrogen) atoms. The first-order chi connectivity index (χ1) is 13.4. The molecule has 0 radical (unpaired) electrons. The van der Waals surface area contributed by atoms with Gasteiger partial charge in [-0.25, -0.2) is 8.78 Å². The van der Waals surface area contributed by atoms with Crippen LogP contribution < -0.4 is 5.73 Å². The minimum absolute atomic E-state index is 0.104. The van der Waals surface area contributed by atoms with Crippen LogP contribution in [0.5, 0.6) is 0 Å². The molecule has 6 nitrogen and oxygen atoms in total. The van der Waals surface area contributed by atoms with E-state index in [1.807, 2.05) is 0 Å². The summed E-state index contributed by atoms with van der Waals surface area (Å²) in [6.07, 6.45) is 1.95. The molecule has 1 aromatic heterocycles. The van der Waals surface area contributed by atoms with Crippen LogP contribution in [0.25, 0.3) is 0 Å². The zero-order valence-electron chi connectivity index (χ0n) is 15.4. The SMILES string of the molecule is N[C@@H](CC(=O)N1CCN(C(=O)c2ccccn2)CC1)Cc1ccc(F)c(F)c1. The predicted octanol–water partition coefficient (Wildman–Crippen LogP) is 1.60. The molecular formula is C20H22F2N4O2. The highest BCUT2D eigenvalue weighted by Gasteiger charge is 2.26. The Morgan fingerprint density at radius 1 is 1.04 bits per heavy atom. The molecule has 0 unspecified atom stereocenters. The van der Waals surface area contributed by atoms with E-state index < -0.39 is 17.7 Å². The lowest BCUT2D eigenvalue weighted by Crippen LogP contribution is -2.51. The lowest BCUT2D eigenvalue weighted by atomic mass is 10.0. The van der Waals surface area contributed by atoms with E-state index in [0.29, 0.717) is 37.4 Å². The van der Waals surface area contributed by atoms with Crippen molar-refractivity contribution in [1.29, 1.82) is 0 Å². The number of benzene rings is 1. The van der Waals surface area contributed by atoms with Crippen molar-refractivity contribution in [3.63, 3.8) is 0 Å². The largest absolute Gasteiger partial charge is 0.339 e. The van der Waals surface area contributed by atoms with Gasteiger partial charge in [0.2, 0.25) is 5.91 Å². The molecule has 2 N–H and O–H groups in total. The number of aromatic nitrogens is 1. The second-order valence-corrected chi connectivity index (χ2v) is 6.80.